The molecule has 3 N–H and O–H groups in total. The predicted octanol–water partition coefficient (Wildman–Crippen LogP) is 1.08. The van der Waals surface area contributed by atoms with E-state index in [4.69, 9.17) is 0 Å². The molecule has 1 aromatic rings. The minimum absolute atomic E-state index is 0.0348. The zero-order valence-electron chi connectivity index (χ0n) is 15.6. The molecule has 2 saturated heterocycles. The third kappa shape index (κ3) is 4.10. The van der Waals surface area contributed by atoms with E-state index in [1.165, 1.54) is 18.8 Å². The van der Waals surface area contributed by atoms with Crippen molar-refractivity contribution in [2.24, 2.45) is 5.92 Å². The van der Waals surface area contributed by atoms with Crippen molar-refractivity contribution < 1.29 is 14.4 Å². The number of hydrogen-bond donors (Lipinski definition) is 3. The van der Waals surface area contributed by atoms with Crippen LogP contribution in [0.3, 0.4) is 0 Å². The third-order valence-corrected chi connectivity index (χ3v) is 6.10. The first-order chi connectivity index (χ1) is 12.9. The van der Waals surface area contributed by atoms with Crippen molar-refractivity contribution in [3.05, 3.63) is 30.3 Å². The van der Waals surface area contributed by atoms with Gasteiger partial charge in [-0.05, 0) is 18.6 Å². The Morgan fingerprint density at radius 3 is 2.56 bits per heavy atom. The van der Waals surface area contributed by atoms with Crippen LogP contribution in [0.4, 0.5) is 10.5 Å². The molecule has 0 bridgehead atoms. The molecule has 3 rings (SSSR count). The molecular weight excluding hydrogens is 366 g/mol. The average molecular weight is 391 g/mol. The van der Waals surface area contributed by atoms with Gasteiger partial charge in [-0.3, -0.25) is 25.1 Å². The standard InChI is InChI=1S/C18H25N5O3S/c1-4-12-20-15-14(17(25)23(3)18(26)22(15)2)16(21-12)27-10-13(24)19-11-8-6-5-7-9-11/h5-9,12,14-16,20-21H,4,10H2,1-3H3,(H,19,24). The molecular formula is C18H25N5O3S. The Labute approximate surface area is 163 Å². The van der Waals surface area contributed by atoms with Gasteiger partial charge in [-0.1, -0.05) is 25.1 Å². The molecule has 0 radical (unpaired) electrons. The van der Waals surface area contributed by atoms with E-state index in [0.29, 0.717) is 0 Å². The topological polar surface area (TPSA) is 93.8 Å². The van der Waals surface area contributed by atoms with Crippen molar-refractivity contribution in [2.45, 2.75) is 31.0 Å². The summed E-state index contributed by atoms with van der Waals surface area (Å²) in [7, 11) is 3.19. The van der Waals surface area contributed by atoms with E-state index in [0.717, 1.165) is 17.0 Å². The van der Waals surface area contributed by atoms with Crippen LogP contribution in [0, 0.1) is 5.92 Å². The molecule has 0 saturated carbocycles. The zero-order chi connectivity index (χ0) is 19.6. The predicted molar refractivity (Wildman–Crippen MR) is 105 cm³/mol. The second-order valence-electron chi connectivity index (χ2n) is 6.70. The molecule has 146 valence electrons. The Kier molecular flexibility index (Phi) is 6.03. The molecule has 2 fully saturated rings. The highest BCUT2D eigenvalue weighted by Gasteiger charge is 2.50. The minimum Gasteiger partial charge on any atom is -0.325 e. The highest BCUT2D eigenvalue weighted by atomic mass is 32.2. The lowest BCUT2D eigenvalue weighted by atomic mass is 9.97. The normalized spacial score (nSPS) is 28.1. The molecule has 8 nitrogen and oxygen atoms in total. The van der Waals surface area contributed by atoms with Gasteiger partial charge in [-0.25, -0.2) is 4.79 Å². The fraction of sp³-hybridized carbons (Fsp3) is 0.500. The summed E-state index contributed by atoms with van der Waals surface area (Å²) in [6, 6.07) is 8.94. The number of thioether (sulfide) groups is 1. The van der Waals surface area contributed by atoms with Crippen LogP contribution < -0.4 is 16.0 Å². The van der Waals surface area contributed by atoms with Crippen LogP contribution in [0.25, 0.3) is 0 Å². The maximum Gasteiger partial charge on any atom is 0.327 e. The first-order valence-corrected chi connectivity index (χ1v) is 10.00. The third-order valence-electron chi connectivity index (χ3n) is 4.89. The second kappa shape index (κ2) is 8.28. The van der Waals surface area contributed by atoms with Crippen molar-refractivity contribution in [2.75, 3.05) is 25.2 Å². The summed E-state index contributed by atoms with van der Waals surface area (Å²) in [5.41, 5.74) is 0.740. The number of rotatable bonds is 5. The summed E-state index contributed by atoms with van der Waals surface area (Å²) < 4.78 is 0. The summed E-state index contributed by atoms with van der Waals surface area (Å²) in [6.07, 6.45) is 0.372. The Bertz CT molecular complexity index is 716. The molecule has 27 heavy (non-hydrogen) atoms. The number of benzene rings is 1. The maximum atomic E-state index is 12.7. The van der Waals surface area contributed by atoms with Crippen molar-refractivity contribution in [1.29, 1.82) is 0 Å². The number of nitrogens with one attached hydrogen (secondary N) is 3. The van der Waals surface area contributed by atoms with Gasteiger partial charge in [0.25, 0.3) is 0 Å². The number of amides is 4. The molecule has 4 unspecified atom stereocenters. The molecule has 4 amide bonds. The molecule has 2 aliphatic heterocycles. The lowest BCUT2D eigenvalue weighted by Crippen LogP contribution is -2.74. The number of fused-ring (bicyclic) bond motifs is 1. The Morgan fingerprint density at radius 2 is 1.89 bits per heavy atom. The van der Waals surface area contributed by atoms with Crippen LogP contribution in [0.1, 0.15) is 13.3 Å². The molecule has 4 atom stereocenters. The van der Waals surface area contributed by atoms with Crippen LogP contribution in [-0.4, -0.2) is 65.2 Å². The Morgan fingerprint density at radius 1 is 1.19 bits per heavy atom. The first-order valence-electron chi connectivity index (χ1n) is 8.95. The van der Waals surface area contributed by atoms with Crippen LogP contribution >= 0.6 is 11.8 Å². The van der Waals surface area contributed by atoms with E-state index >= 15 is 0 Å². The quantitative estimate of drug-likeness (QED) is 0.695. The molecule has 2 aliphatic rings. The van der Waals surface area contributed by atoms with Gasteiger partial charge in [0.05, 0.1) is 29.4 Å². The van der Waals surface area contributed by atoms with Crippen molar-refractivity contribution >= 4 is 35.3 Å². The van der Waals surface area contributed by atoms with Gasteiger partial charge in [0.1, 0.15) is 0 Å². The SMILES string of the molecule is CCC1NC(SCC(=O)Nc2ccccc2)C2C(=O)N(C)C(=O)N(C)C2N1. The number of hydrogen-bond acceptors (Lipinski definition) is 6. The van der Waals surface area contributed by atoms with Gasteiger partial charge in [0, 0.05) is 19.8 Å². The van der Waals surface area contributed by atoms with Gasteiger partial charge in [0.2, 0.25) is 11.8 Å². The number of imide groups is 1. The minimum atomic E-state index is -0.463. The highest BCUT2D eigenvalue weighted by Crippen LogP contribution is 2.31. The Hall–Kier alpha value is -2.10. The van der Waals surface area contributed by atoms with E-state index in [1.807, 2.05) is 37.3 Å². The van der Waals surface area contributed by atoms with E-state index in [9.17, 15) is 14.4 Å². The summed E-state index contributed by atoms with van der Waals surface area (Å²) in [5.74, 6) is -0.619. The molecule has 0 spiro atoms. The van der Waals surface area contributed by atoms with Gasteiger partial charge >= 0.3 is 6.03 Å². The highest BCUT2D eigenvalue weighted by molar-refractivity contribution is 8.00. The first kappa shape index (κ1) is 19.7. The number of anilines is 1. The van der Waals surface area contributed by atoms with Gasteiger partial charge in [-0.2, -0.15) is 0 Å². The number of para-hydroxylation sites is 1. The molecule has 1 aromatic carbocycles. The van der Waals surface area contributed by atoms with E-state index in [-0.39, 0.29) is 41.3 Å². The maximum absolute atomic E-state index is 12.7. The van der Waals surface area contributed by atoms with Gasteiger partial charge in [0.15, 0.2) is 0 Å². The molecule has 0 aliphatic carbocycles. The number of nitrogens with zero attached hydrogens (tertiary/aromatic N) is 2. The summed E-state index contributed by atoms with van der Waals surface area (Å²) in [6.45, 7) is 2.02. The van der Waals surface area contributed by atoms with Crippen LogP contribution in [0.5, 0.6) is 0 Å². The number of urea groups is 1. The van der Waals surface area contributed by atoms with Gasteiger partial charge < -0.3 is 10.2 Å². The van der Waals surface area contributed by atoms with Crippen LogP contribution in [0.15, 0.2) is 30.3 Å². The summed E-state index contributed by atoms with van der Waals surface area (Å²) >= 11 is 1.39. The van der Waals surface area contributed by atoms with Crippen molar-refractivity contribution in [3.8, 4) is 0 Å². The number of carbonyl (C=O) groups excluding carboxylic acids is 3. The van der Waals surface area contributed by atoms with E-state index in [2.05, 4.69) is 16.0 Å². The number of carbonyl (C=O) groups is 3. The smallest absolute Gasteiger partial charge is 0.325 e. The van der Waals surface area contributed by atoms with Crippen molar-refractivity contribution in [1.82, 2.24) is 20.4 Å². The summed E-state index contributed by atoms with van der Waals surface area (Å²) in [5, 5.41) is 9.30. The van der Waals surface area contributed by atoms with Crippen molar-refractivity contribution in [3.63, 3.8) is 0 Å². The largest absolute Gasteiger partial charge is 0.327 e. The lowest BCUT2D eigenvalue weighted by Gasteiger charge is -2.50. The lowest BCUT2D eigenvalue weighted by molar-refractivity contribution is -0.140. The monoisotopic (exact) mass is 391 g/mol. The molecule has 2 heterocycles. The molecule has 0 aromatic heterocycles. The van der Waals surface area contributed by atoms with Crippen LogP contribution in [-0.2, 0) is 9.59 Å². The molecule has 9 heteroatoms. The fourth-order valence-corrected chi connectivity index (χ4v) is 4.52. The van der Waals surface area contributed by atoms with E-state index < -0.39 is 5.92 Å². The fourth-order valence-electron chi connectivity index (χ4n) is 3.39. The Balaban J connectivity index is 1.69. The van der Waals surface area contributed by atoms with Gasteiger partial charge in [-0.15, -0.1) is 11.8 Å². The van der Waals surface area contributed by atoms with E-state index in [1.54, 1.807) is 11.9 Å². The average Bonchev–Trinajstić information content (AvgIpc) is 2.69. The summed E-state index contributed by atoms with van der Waals surface area (Å²) in [4.78, 5) is 40.0. The second-order valence-corrected chi connectivity index (χ2v) is 7.83. The van der Waals surface area contributed by atoms with Crippen LogP contribution in [0.2, 0.25) is 0 Å². The zero-order valence-corrected chi connectivity index (χ0v) is 16.5.